The van der Waals surface area contributed by atoms with Gasteiger partial charge in [0.15, 0.2) is 0 Å². The van der Waals surface area contributed by atoms with Gasteiger partial charge >= 0.3 is 0 Å². The smallest absolute Gasteiger partial charge is 0.219 e. The van der Waals surface area contributed by atoms with Gasteiger partial charge in [-0.3, -0.25) is 0 Å². The van der Waals surface area contributed by atoms with Gasteiger partial charge in [0.1, 0.15) is 5.75 Å². The molecule has 1 aromatic heterocycles. The number of alkyl halides is 1. The summed E-state index contributed by atoms with van der Waals surface area (Å²) >= 11 is 15.5. The van der Waals surface area contributed by atoms with Crippen molar-refractivity contribution in [2.45, 2.75) is 32.1 Å². The van der Waals surface area contributed by atoms with Crippen LogP contribution in [0.25, 0.3) is 0 Å². The lowest BCUT2D eigenvalue weighted by molar-refractivity contribution is 0.451. The van der Waals surface area contributed by atoms with E-state index in [1.807, 2.05) is 18.2 Å². The molecule has 0 fully saturated rings. The molecule has 112 valence electrons. The number of hydrogen-bond acceptors (Lipinski definition) is 2. The molecular formula is C16H16BrCl2NO. The molecular weight excluding hydrogens is 373 g/mol. The average Bonchev–Trinajstić information content (AvgIpc) is 2.40. The van der Waals surface area contributed by atoms with Gasteiger partial charge in [0, 0.05) is 21.8 Å². The van der Waals surface area contributed by atoms with Crippen LogP contribution in [0.1, 0.15) is 32.0 Å². The molecule has 0 aliphatic heterocycles. The average molecular weight is 389 g/mol. The second-order valence-corrected chi connectivity index (χ2v) is 7.35. The van der Waals surface area contributed by atoms with E-state index < -0.39 is 0 Å². The predicted octanol–water partition coefficient (Wildman–Crippen LogP) is 6.33. The van der Waals surface area contributed by atoms with E-state index in [0.29, 0.717) is 22.5 Å². The summed E-state index contributed by atoms with van der Waals surface area (Å²) in [6, 6.07) is 9.30. The molecule has 2 nitrogen and oxygen atoms in total. The highest BCUT2D eigenvalue weighted by atomic mass is 79.9. The molecule has 0 aliphatic rings. The summed E-state index contributed by atoms with van der Waals surface area (Å²) in [6.07, 6.45) is 0. The second kappa shape index (κ2) is 6.55. The Hall–Kier alpha value is -0.770. The third-order valence-electron chi connectivity index (χ3n) is 2.89. The first-order chi connectivity index (χ1) is 9.79. The Bertz CT molecular complexity index is 653. The van der Waals surface area contributed by atoms with Crippen LogP contribution >= 0.6 is 39.1 Å². The lowest BCUT2D eigenvalue weighted by Crippen LogP contribution is -2.14. The first kappa shape index (κ1) is 16.6. The predicted molar refractivity (Wildman–Crippen MR) is 91.7 cm³/mol. The van der Waals surface area contributed by atoms with Crippen LogP contribution in [0, 0.1) is 0 Å². The molecule has 0 radical (unpaired) electrons. The van der Waals surface area contributed by atoms with E-state index in [0.717, 1.165) is 15.7 Å². The van der Waals surface area contributed by atoms with Crippen molar-refractivity contribution in [3.8, 4) is 11.6 Å². The number of aromatic nitrogens is 1. The van der Waals surface area contributed by atoms with E-state index in [4.69, 9.17) is 27.9 Å². The summed E-state index contributed by atoms with van der Waals surface area (Å²) in [6.45, 7) is 6.30. The minimum absolute atomic E-state index is 0.0797. The molecule has 1 heterocycles. The Labute approximate surface area is 143 Å². The zero-order valence-corrected chi connectivity index (χ0v) is 15.2. The van der Waals surface area contributed by atoms with Gasteiger partial charge in [-0.05, 0) is 29.8 Å². The number of rotatable bonds is 3. The number of pyridine rings is 1. The van der Waals surface area contributed by atoms with Crippen LogP contribution in [-0.4, -0.2) is 4.98 Å². The molecule has 5 heteroatoms. The summed E-state index contributed by atoms with van der Waals surface area (Å²) in [5, 5.41) is 0.528. The quantitative estimate of drug-likeness (QED) is 0.573. The number of benzene rings is 1. The maximum Gasteiger partial charge on any atom is 0.219 e. The minimum atomic E-state index is -0.0797. The highest BCUT2D eigenvalue weighted by molar-refractivity contribution is 9.10. The Morgan fingerprint density at radius 1 is 1.19 bits per heavy atom. The van der Waals surface area contributed by atoms with Gasteiger partial charge in [-0.25, -0.2) is 4.98 Å². The highest BCUT2D eigenvalue weighted by Crippen LogP contribution is 2.32. The zero-order chi connectivity index (χ0) is 15.6. The monoisotopic (exact) mass is 387 g/mol. The molecule has 0 unspecified atom stereocenters. The molecule has 0 saturated heterocycles. The van der Waals surface area contributed by atoms with Crippen molar-refractivity contribution in [2.24, 2.45) is 0 Å². The molecule has 2 rings (SSSR count). The van der Waals surface area contributed by atoms with Crippen molar-refractivity contribution in [2.75, 3.05) is 0 Å². The van der Waals surface area contributed by atoms with Gasteiger partial charge in [-0.2, -0.15) is 0 Å². The molecule has 0 bridgehead atoms. The van der Waals surface area contributed by atoms with Crippen molar-refractivity contribution < 1.29 is 4.74 Å². The molecule has 1 aromatic carbocycles. The maximum absolute atomic E-state index is 6.17. The minimum Gasteiger partial charge on any atom is -0.437 e. The van der Waals surface area contributed by atoms with Gasteiger partial charge in [0.05, 0.1) is 10.7 Å². The fraction of sp³-hybridized carbons (Fsp3) is 0.312. The van der Waals surface area contributed by atoms with Crippen molar-refractivity contribution >= 4 is 39.1 Å². The van der Waals surface area contributed by atoms with E-state index in [-0.39, 0.29) is 5.41 Å². The molecule has 0 saturated carbocycles. The lowest BCUT2D eigenvalue weighted by Gasteiger charge is -2.19. The summed E-state index contributed by atoms with van der Waals surface area (Å²) in [4.78, 5) is 4.56. The summed E-state index contributed by atoms with van der Waals surface area (Å²) in [5.41, 5.74) is 1.83. The molecule has 21 heavy (non-hydrogen) atoms. The first-order valence-electron chi connectivity index (χ1n) is 6.50. The number of halogens is 3. The van der Waals surface area contributed by atoms with Crippen molar-refractivity contribution in [3.63, 3.8) is 0 Å². The number of hydrogen-bond donors (Lipinski definition) is 0. The van der Waals surface area contributed by atoms with Crippen LogP contribution in [0.3, 0.4) is 0 Å². The first-order valence-corrected chi connectivity index (χ1v) is 8.20. The Morgan fingerprint density at radius 3 is 2.48 bits per heavy atom. The standard InChI is InChI=1S/C16H16BrCl2NO/c1-16(2,3)14-6-10(9-18)7-15(20-14)21-13-5-4-11(17)8-12(13)19/h4-8H,9H2,1-3H3. The van der Waals surface area contributed by atoms with Gasteiger partial charge in [0.2, 0.25) is 5.88 Å². The van der Waals surface area contributed by atoms with Crippen molar-refractivity contribution in [1.82, 2.24) is 4.98 Å². The van der Waals surface area contributed by atoms with E-state index >= 15 is 0 Å². The van der Waals surface area contributed by atoms with Crippen LogP contribution in [0.2, 0.25) is 5.02 Å². The lowest BCUT2D eigenvalue weighted by atomic mass is 9.91. The van der Waals surface area contributed by atoms with Gasteiger partial charge in [-0.15, -0.1) is 11.6 Å². The van der Waals surface area contributed by atoms with Crippen molar-refractivity contribution in [1.29, 1.82) is 0 Å². The fourth-order valence-corrected chi connectivity index (χ4v) is 2.61. The Morgan fingerprint density at radius 2 is 1.90 bits per heavy atom. The Balaban J connectivity index is 2.39. The van der Waals surface area contributed by atoms with Crippen LogP contribution in [-0.2, 0) is 11.3 Å². The van der Waals surface area contributed by atoms with Crippen molar-refractivity contribution in [3.05, 3.63) is 51.1 Å². The number of nitrogens with zero attached hydrogens (tertiary/aromatic N) is 1. The highest BCUT2D eigenvalue weighted by Gasteiger charge is 2.18. The molecule has 0 amide bonds. The molecule has 0 atom stereocenters. The largest absolute Gasteiger partial charge is 0.437 e. The number of ether oxygens (including phenoxy) is 1. The zero-order valence-electron chi connectivity index (χ0n) is 12.1. The van der Waals surface area contributed by atoms with Gasteiger partial charge < -0.3 is 4.74 Å². The van der Waals surface area contributed by atoms with Gasteiger partial charge in [0.25, 0.3) is 0 Å². The van der Waals surface area contributed by atoms with Crippen LogP contribution in [0.5, 0.6) is 11.6 Å². The summed E-state index contributed by atoms with van der Waals surface area (Å²) < 4.78 is 6.72. The normalized spacial score (nSPS) is 11.5. The summed E-state index contributed by atoms with van der Waals surface area (Å²) in [7, 11) is 0. The fourth-order valence-electron chi connectivity index (χ4n) is 1.74. The van der Waals surface area contributed by atoms with Crippen LogP contribution in [0.4, 0.5) is 0 Å². The maximum atomic E-state index is 6.17. The summed E-state index contributed by atoms with van der Waals surface area (Å²) in [5.74, 6) is 1.48. The van der Waals surface area contributed by atoms with Crippen LogP contribution in [0.15, 0.2) is 34.8 Å². The van der Waals surface area contributed by atoms with E-state index in [1.54, 1.807) is 12.1 Å². The SMILES string of the molecule is CC(C)(C)c1cc(CCl)cc(Oc2ccc(Br)cc2Cl)n1. The van der Waals surface area contributed by atoms with E-state index in [2.05, 4.69) is 41.7 Å². The Kier molecular flexibility index (Phi) is 5.18. The van der Waals surface area contributed by atoms with E-state index in [1.165, 1.54) is 0 Å². The molecule has 0 spiro atoms. The van der Waals surface area contributed by atoms with Gasteiger partial charge in [-0.1, -0.05) is 48.3 Å². The topological polar surface area (TPSA) is 22.1 Å². The third-order valence-corrected chi connectivity index (χ3v) is 3.99. The third kappa shape index (κ3) is 4.35. The van der Waals surface area contributed by atoms with E-state index in [9.17, 15) is 0 Å². The molecule has 0 N–H and O–H groups in total. The molecule has 0 aliphatic carbocycles. The second-order valence-electron chi connectivity index (χ2n) is 5.76. The molecule has 2 aromatic rings. The van der Waals surface area contributed by atoms with Crippen LogP contribution < -0.4 is 4.74 Å².